The van der Waals surface area contributed by atoms with Crippen LogP contribution in [-0.2, 0) is 0 Å². The zero-order valence-electron chi connectivity index (χ0n) is 18.5. The molecule has 0 radical (unpaired) electrons. The van der Waals surface area contributed by atoms with E-state index in [1.54, 1.807) is 73.9 Å². The van der Waals surface area contributed by atoms with Gasteiger partial charge < -0.3 is 14.2 Å². The number of thiazole rings is 1. The minimum absolute atomic E-state index is 0.0781. The Balaban J connectivity index is 1.88. The highest BCUT2D eigenvalue weighted by Gasteiger charge is 2.15. The highest BCUT2D eigenvalue weighted by atomic mass is 32.1. The van der Waals surface area contributed by atoms with Gasteiger partial charge in [-0.2, -0.15) is 5.10 Å². The van der Waals surface area contributed by atoms with Crippen LogP contribution < -0.4 is 19.0 Å². The molecule has 0 saturated carbocycles. The van der Waals surface area contributed by atoms with Crippen LogP contribution in [0.1, 0.15) is 5.56 Å². The summed E-state index contributed by atoms with van der Waals surface area (Å²) in [5.41, 5.74) is 1.64. The molecule has 9 nitrogen and oxygen atoms in total. The van der Waals surface area contributed by atoms with Crippen LogP contribution in [0.5, 0.6) is 17.2 Å². The Hall–Kier alpha value is -3.96. The molecule has 0 aliphatic carbocycles. The van der Waals surface area contributed by atoms with Gasteiger partial charge in [-0.05, 0) is 23.6 Å². The highest BCUT2D eigenvalue weighted by molar-refractivity contribution is 7.14. The van der Waals surface area contributed by atoms with E-state index in [1.807, 2.05) is 22.9 Å². The van der Waals surface area contributed by atoms with Gasteiger partial charge in [0.1, 0.15) is 11.4 Å². The van der Waals surface area contributed by atoms with Crippen LogP contribution in [0.2, 0.25) is 0 Å². The van der Waals surface area contributed by atoms with Gasteiger partial charge in [0.2, 0.25) is 4.80 Å². The summed E-state index contributed by atoms with van der Waals surface area (Å²) in [6.07, 6.45) is 1.63. The SMILES string of the molecule is COc1cc(OC)c(OC)cc1C=Nn1c(-c2cccs2)csc1=Nc1ccccc1[N+](=O)[O-]. The molecule has 0 atom stereocenters. The maximum Gasteiger partial charge on any atom is 0.294 e. The highest BCUT2D eigenvalue weighted by Crippen LogP contribution is 2.34. The molecule has 0 aliphatic rings. The number of ether oxygens (including phenoxy) is 3. The molecule has 0 unspecified atom stereocenters. The fourth-order valence-electron chi connectivity index (χ4n) is 3.17. The summed E-state index contributed by atoms with van der Waals surface area (Å²) in [5.74, 6) is 1.61. The largest absolute Gasteiger partial charge is 0.496 e. The van der Waals surface area contributed by atoms with Gasteiger partial charge >= 0.3 is 0 Å². The molecule has 2 aromatic carbocycles. The fourth-order valence-corrected chi connectivity index (χ4v) is 4.82. The van der Waals surface area contributed by atoms with Crippen LogP contribution in [0.3, 0.4) is 0 Å². The van der Waals surface area contributed by atoms with Crippen molar-refractivity contribution in [3.8, 4) is 27.8 Å². The van der Waals surface area contributed by atoms with Crippen LogP contribution in [0, 0.1) is 10.1 Å². The smallest absolute Gasteiger partial charge is 0.294 e. The molecule has 2 aromatic heterocycles. The summed E-state index contributed by atoms with van der Waals surface area (Å²) in [6.45, 7) is 0. The number of nitrogens with zero attached hydrogens (tertiary/aromatic N) is 4. The minimum atomic E-state index is -0.450. The van der Waals surface area contributed by atoms with E-state index in [-0.39, 0.29) is 11.4 Å². The van der Waals surface area contributed by atoms with Crippen LogP contribution in [0.4, 0.5) is 11.4 Å². The van der Waals surface area contributed by atoms with Crippen molar-refractivity contribution in [2.24, 2.45) is 10.1 Å². The van der Waals surface area contributed by atoms with E-state index in [4.69, 9.17) is 14.2 Å². The van der Waals surface area contributed by atoms with Crippen molar-refractivity contribution in [2.75, 3.05) is 21.3 Å². The minimum Gasteiger partial charge on any atom is -0.496 e. The molecule has 0 saturated heterocycles. The van der Waals surface area contributed by atoms with Crippen molar-refractivity contribution in [3.05, 3.63) is 79.8 Å². The second-order valence-corrected chi connectivity index (χ2v) is 8.53. The first kappa shape index (κ1) is 23.2. The summed E-state index contributed by atoms with van der Waals surface area (Å²) in [6, 6.07) is 13.8. The number of hydrogen-bond acceptors (Lipinski definition) is 9. The van der Waals surface area contributed by atoms with E-state index in [2.05, 4.69) is 10.1 Å². The number of rotatable bonds is 8. The maximum atomic E-state index is 11.5. The number of thiophene rings is 1. The third-order valence-corrected chi connectivity index (χ3v) is 6.51. The van der Waals surface area contributed by atoms with Crippen molar-refractivity contribution < 1.29 is 19.1 Å². The molecule has 4 rings (SSSR count). The predicted octanol–water partition coefficient (Wildman–Crippen LogP) is 5.33. The zero-order valence-corrected chi connectivity index (χ0v) is 20.1. The lowest BCUT2D eigenvalue weighted by Crippen LogP contribution is -2.11. The van der Waals surface area contributed by atoms with Crippen molar-refractivity contribution in [2.45, 2.75) is 0 Å². The molecule has 0 N–H and O–H groups in total. The number of para-hydroxylation sites is 2. The fraction of sp³-hybridized carbons (Fsp3) is 0.130. The number of benzene rings is 2. The van der Waals surface area contributed by atoms with Gasteiger partial charge in [0.25, 0.3) is 5.69 Å². The van der Waals surface area contributed by atoms with Crippen molar-refractivity contribution in [1.82, 2.24) is 4.68 Å². The first-order valence-electron chi connectivity index (χ1n) is 9.92. The van der Waals surface area contributed by atoms with E-state index >= 15 is 0 Å². The lowest BCUT2D eigenvalue weighted by Gasteiger charge is -2.12. The van der Waals surface area contributed by atoms with Gasteiger partial charge in [-0.1, -0.05) is 18.2 Å². The Morgan fingerprint density at radius 1 is 0.971 bits per heavy atom. The Bertz CT molecular complexity index is 1410. The van der Waals surface area contributed by atoms with Crippen molar-refractivity contribution >= 4 is 40.3 Å². The van der Waals surface area contributed by atoms with E-state index in [9.17, 15) is 10.1 Å². The third kappa shape index (κ3) is 4.70. The van der Waals surface area contributed by atoms with Gasteiger partial charge in [0.05, 0.1) is 43.0 Å². The van der Waals surface area contributed by atoms with Crippen LogP contribution in [0.15, 0.2) is 69.4 Å². The lowest BCUT2D eigenvalue weighted by molar-refractivity contribution is -0.384. The first-order chi connectivity index (χ1) is 16.5. The van der Waals surface area contributed by atoms with E-state index in [1.165, 1.54) is 17.4 Å². The Morgan fingerprint density at radius 2 is 1.71 bits per heavy atom. The number of aromatic nitrogens is 1. The topological polar surface area (TPSA) is 100 Å². The zero-order chi connectivity index (χ0) is 24.1. The second kappa shape index (κ2) is 10.3. The molecule has 174 valence electrons. The summed E-state index contributed by atoms with van der Waals surface area (Å²) in [7, 11) is 4.66. The number of methoxy groups -OCH3 is 3. The van der Waals surface area contributed by atoms with Gasteiger partial charge in [-0.25, -0.2) is 9.67 Å². The van der Waals surface area contributed by atoms with E-state index in [0.717, 1.165) is 10.6 Å². The lowest BCUT2D eigenvalue weighted by atomic mass is 10.2. The van der Waals surface area contributed by atoms with Crippen LogP contribution in [0.25, 0.3) is 10.6 Å². The van der Waals surface area contributed by atoms with E-state index in [0.29, 0.717) is 27.6 Å². The Kier molecular flexibility index (Phi) is 7.04. The molecule has 0 spiro atoms. The summed E-state index contributed by atoms with van der Waals surface area (Å²) in [5, 5.41) is 20.0. The molecule has 0 aliphatic heterocycles. The first-order valence-corrected chi connectivity index (χ1v) is 11.7. The third-order valence-electron chi connectivity index (χ3n) is 4.80. The normalized spacial score (nSPS) is 11.7. The van der Waals surface area contributed by atoms with Gasteiger partial charge in [-0.3, -0.25) is 10.1 Å². The molecule has 11 heteroatoms. The average molecular weight is 497 g/mol. The standard InChI is InChI=1S/C23H20N4O5S2/c1-30-19-12-21(32-3)20(31-2)11-15(19)13-24-26-18(22-9-6-10-33-22)14-34-23(26)25-16-7-4-5-8-17(16)27(28)29/h4-14H,1-3H3. The average Bonchev–Trinajstić information content (AvgIpc) is 3.52. The molecule has 0 bridgehead atoms. The molecule has 4 aromatic rings. The number of nitro groups is 1. The Morgan fingerprint density at radius 3 is 2.38 bits per heavy atom. The van der Waals surface area contributed by atoms with Crippen LogP contribution >= 0.6 is 22.7 Å². The molecule has 0 amide bonds. The van der Waals surface area contributed by atoms with Gasteiger partial charge in [0.15, 0.2) is 11.5 Å². The summed E-state index contributed by atoms with van der Waals surface area (Å²) in [4.78, 5) is 17.0. The molecule has 0 fully saturated rings. The van der Waals surface area contributed by atoms with Gasteiger partial charge in [-0.15, -0.1) is 22.7 Å². The van der Waals surface area contributed by atoms with Gasteiger partial charge in [0, 0.05) is 23.1 Å². The molecule has 34 heavy (non-hydrogen) atoms. The maximum absolute atomic E-state index is 11.5. The number of nitro benzene ring substituents is 1. The van der Waals surface area contributed by atoms with E-state index < -0.39 is 4.92 Å². The predicted molar refractivity (Wildman–Crippen MR) is 133 cm³/mol. The van der Waals surface area contributed by atoms with Crippen LogP contribution in [-0.4, -0.2) is 37.1 Å². The molecular weight excluding hydrogens is 476 g/mol. The second-order valence-electron chi connectivity index (χ2n) is 6.74. The summed E-state index contributed by atoms with van der Waals surface area (Å²) >= 11 is 2.90. The quantitative estimate of drug-likeness (QED) is 0.187. The van der Waals surface area contributed by atoms with Crippen molar-refractivity contribution in [1.29, 1.82) is 0 Å². The summed E-state index contributed by atoms with van der Waals surface area (Å²) < 4.78 is 17.9. The number of hydrogen-bond donors (Lipinski definition) is 0. The van der Waals surface area contributed by atoms with Crippen molar-refractivity contribution in [3.63, 3.8) is 0 Å². The Labute approximate surface area is 203 Å². The monoisotopic (exact) mass is 496 g/mol. The molecular formula is C23H20N4O5S2. The molecule has 2 heterocycles.